The van der Waals surface area contributed by atoms with Gasteiger partial charge in [-0.05, 0) is 25.5 Å². The molecule has 1 aromatic heterocycles. The van der Waals surface area contributed by atoms with Gasteiger partial charge in [-0.2, -0.15) is 0 Å². The van der Waals surface area contributed by atoms with Crippen molar-refractivity contribution in [2.75, 3.05) is 18.9 Å². The van der Waals surface area contributed by atoms with Crippen LogP contribution < -0.4 is 17.0 Å². The molecule has 1 unspecified atom stereocenters. The zero-order valence-corrected chi connectivity index (χ0v) is 9.16. The van der Waals surface area contributed by atoms with Gasteiger partial charge in [0.25, 0.3) is 0 Å². The third kappa shape index (κ3) is 3.16. The minimum atomic E-state index is -0.114. The molecule has 15 heavy (non-hydrogen) atoms. The van der Waals surface area contributed by atoms with Crippen LogP contribution in [-0.2, 0) is 4.74 Å². The Bertz CT molecular complexity index is 316. The summed E-state index contributed by atoms with van der Waals surface area (Å²) in [7, 11) is 0. The van der Waals surface area contributed by atoms with E-state index in [1.54, 1.807) is 6.20 Å². The lowest BCUT2D eigenvalue weighted by atomic mass is 10.1. The maximum absolute atomic E-state index is 5.78. The molecule has 0 fully saturated rings. The summed E-state index contributed by atoms with van der Waals surface area (Å²) in [5, 5.41) is 0. The first kappa shape index (κ1) is 11.9. The summed E-state index contributed by atoms with van der Waals surface area (Å²) >= 11 is 0. The average Bonchev–Trinajstić information content (AvgIpc) is 2.24. The first-order valence-electron chi connectivity index (χ1n) is 4.95. The van der Waals surface area contributed by atoms with E-state index in [0.29, 0.717) is 19.0 Å². The molecule has 0 aliphatic rings. The first-order chi connectivity index (χ1) is 7.19. The molecule has 5 N–H and O–H groups in total. The molecule has 84 valence electrons. The number of rotatable bonds is 5. The van der Waals surface area contributed by atoms with E-state index in [0.717, 1.165) is 11.1 Å². The lowest BCUT2D eigenvalue weighted by molar-refractivity contribution is 0.123. The summed E-state index contributed by atoms with van der Waals surface area (Å²) < 4.78 is 5.31. The van der Waals surface area contributed by atoms with Crippen LogP contribution in [0.15, 0.2) is 12.3 Å². The van der Waals surface area contributed by atoms with Crippen molar-refractivity contribution in [3.05, 3.63) is 23.4 Å². The molecule has 0 aliphatic carbocycles. The van der Waals surface area contributed by atoms with E-state index < -0.39 is 0 Å². The van der Waals surface area contributed by atoms with Gasteiger partial charge in [0, 0.05) is 18.4 Å². The zero-order valence-electron chi connectivity index (χ0n) is 9.16. The Kier molecular flexibility index (Phi) is 4.48. The molecule has 5 nitrogen and oxygen atoms in total. The largest absolute Gasteiger partial charge is 0.383 e. The van der Waals surface area contributed by atoms with E-state index in [4.69, 9.17) is 16.3 Å². The molecule has 0 bridgehead atoms. The Labute approximate surface area is 89.8 Å². The van der Waals surface area contributed by atoms with Crippen molar-refractivity contribution in [1.29, 1.82) is 0 Å². The molecule has 1 aromatic rings. The van der Waals surface area contributed by atoms with Crippen molar-refractivity contribution in [3.63, 3.8) is 0 Å². The van der Waals surface area contributed by atoms with Gasteiger partial charge in [0.2, 0.25) is 0 Å². The molecule has 0 radical (unpaired) electrons. The molecule has 1 rings (SSSR count). The third-order valence-electron chi connectivity index (χ3n) is 2.15. The van der Waals surface area contributed by atoms with Crippen LogP contribution >= 0.6 is 0 Å². The highest BCUT2D eigenvalue weighted by atomic mass is 16.5. The fourth-order valence-electron chi connectivity index (χ4n) is 1.34. The fourth-order valence-corrected chi connectivity index (χ4v) is 1.34. The summed E-state index contributed by atoms with van der Waals surface area (Å²) in [5.41, 5.74) is 10.4. The molecule has 1 heterocycles. The van der Waals surface area contributed by atoms with Gasteiger partial charge >= 0.3 is 0 Å². The van der Waals surface area contributed by atoms with Gasteiger partial charge in [0.05, 0.1) is 12.6 Å². The van der Waals surface area contributed by atoms with Crippen LogP contribution in [0.1, 0.15) is 24.1 Å². The minimum absolute atomic E-state index is 0.114. The van der Waals surface area contributed by atoms with Crippen LogP contribution in [0.3, 0.4) is 0 Å². The number of nitrogen functional groups attached to an aromatic ring is 1. The highest BCUT2D eigenvalue weighted by molar-refractivity contribution is 5.42. The van der Waals surface area contributed by atoms with Crippen molar-refractivity contribution in [2.45, 2.75) is 19.9 Å². The number of anilines is 1. The lowest BCUT2D eigenvalue weighted by Gasteiger charge is -2.17. The highest BCUT2D eigenvalue weighted by Gasteiger charge is 2.13. The van der Waals surface area contributed by atoms with E-state index >= 15 is 0 Å². The van der Waals surface area contributed by atoms with Crippen LogP contribution in [0.4, 0.5) is 5.82 Å². The van der Waals surface area contributed by atoms with Crippen molar-refractivity contribution in [3.8, 4) is 0 Å². The van der Waals surface area contributed by atoms with Crippen LogP contribution in [-0.4, -0.2) is 18.2 Å². The second kappa shape index (κ2) is 5.65. The Morgan fingerprint density at radius 1 is 1.60 bits per heavy atom. The van der Waals surface area contributed by atoms with Gasteiger partial charge in [-0.15, -0.1) is 0 Å². The molecular formula is C10H18N4O. The van der Waals surface area contributed by atoms with Crippen molar-refractivity contribution < 1.29 is 4.74 Å². The summed E-state index contributed by atoms with van der Waals surface area (Å²) in [6.45, 7) is 5.04. The minimum Gasteiger partial charge on any atom is -0.383 e. The summed E-state index contributed by atoms with van der Waals surface area (Å²) in [6.07, 6.45) is 1.73. The van der Waals surface area contributed by atoms with Gasteiger partial charge in [-0.3, -0.25) is 11.3 Å². The molecule has 1 atom stereocenters. The number of hydrazine groups is 1. The second-order valence-electron chi connectivity index (χ2n) is 3.37. The number of nitrogens with one attached hydrogen (secondary N) is 1. The smallest absolute Gasteiger partial charge is 0.128 e. The van der Waals surface area contributed by atoms with E-state index in [1.165, 1.54) is 0 Å². The molecule has 0 amide bonds. The Morgan fingerprint density at radius 2 is 2.33 bits per heavy atom. The molecule has 0 spiro atoms. The van der Waals surface area contributed by atoms with Gasteiger partial charge < -0.3 is 10.5 Å². The van der Waals surface area contributed by atoms with Gasteiger partial charge in [-0.25, -0.2) is 4.98 Å². The first-order valence-corrected chi connectivity index (χ1v) is 4.95. The number of nitrogens with two attached hydrogens (primary N) is 2. The highest BCUT2D eigenvalue weighted by Crippen LogP contribution is 2.19. The van der Waals surface area contributed by atoms with Gasteiger partial charge in [-0.1, -0.05) is 0 Å². The summed E-state index contributed by atoms with van der Waals surface area (Å²) in [4.78, 5) is 4.08. The predicted molar refractivity (Wildman–Crippen MR) is 59.9 cm³/mol. The fraction of sp³-hybridized carbons (Fsp3) is 0.500. The Morgan fingerprint density at radius 3 is 2.93 bits per heavy atom. The predicted octanol–water partition coefficient (Wildman–Crippen LogP) is 0.513. The molecule has 0 saturated carbocycles. The molecular weight excluding hydrogens is 192 g/mol. The zero-order chi connectivity index (χ0) is 11.3. The topological polar surface area (TPSA) is 86.2 Å². The molecule has 0 aromatic carbocycles. The monoisotopic (exact) mass is 210 g/mol. The van der Waals surface area contributed by atoms with Gasteiger partial charge in [0.1, 0.15) is 5.82 Å². The van der Waals surface area contributed by atoms with E-state index in [9.17, 15) is 0 Å². The number of ether oxygens (including phenoxy) is 1. The number of nitrogens with zero attached hydrogens (tertiary/aromatic N) is 1. The quantitative estimate of drug-likeness (QED) is 0.487. The van der Waals surface area contributed by atoms with Crippen molar-refractivity contribution in [2.24, 2.45) is 5.84 Å². The van der Waals surface area contributed by atoms with Crippen LogP contribution in [0.25, 0.3) is 0 Å². The maximum Gasteiger partial charge on any atom is 0.128 e. The number of aryl methyl sites for hydroxylation is 1. The number of pyridine rings is 1. The number of hydrogen-bond donors (Lipinski definition) is 3. The maximum atomic E-state index is 5.78. The normalized spacial score (nSPS) is 12.7. The SMILES string of the molecule is CCOCC(NN)c1cc(C)cnc1N. The van der Waals surface area contributed by atoms with E-state index in [1.807, 2.05) is 19.9 Å². The standard InChI is InChI=1S/C10H18N4O/c1-3-15-6-9(14-12)8-4-7(2)5-13-10(8)11/h4-5,9,14H,3,6,12H2,1-2H3,(H2,11,13). The number of hydrogen-bond acceptors (Lipinski definition) is 5. The third-order valence-corrected chi connectivity index (χ3v) is 2.15. The Balaban J connectivity index is 2.85. The molecule has 0 saturated heterocycles. The van der Waals surface area contributed by atoms with Crippen molar-refractivity contribution >= 4 is 5.82 Å². The van der Waals surface area contributed by atoms with Gasteiger partial charge in [0.15, 0.2) is 0 Å². The Hall–Kier alpha value is -1.17. The molecule has 5 heteroatoms. The van der Waals surface area contributed by atoms with Crippen LogP contribution in [0.2, 0.25) is 0 Å². The van der Waals surface area contributed by atoms with E-state index in [-0.39, 0.29) is 6.04 Å². The van der Waals surface area contributed by atoms with Crippen molar-refractivity contribution in [1.82, 2.24) is 10.4 Å². The summed E-state index contributed by atoms with van der Waals surface area (Å²) in [5.74, 6) is 5.94. The molecule has 0 aliphatic heterocycles. The van der Waals surface area contributed by atoms with E-state index in [2.05, 4.69) is 10.4 Å². The number of aromatic nitrogens is 1. The average molecular weight is 210 g/mol. The van der Waals surface area contributed by atoms with Crippen LogP contribution in [0, 0.1) is 6.92 Å². The second-order valence-corrected chi connectivity index (χ2v) is 3.37. The lowest BCUT2D eigenvalue weighted by Crippen LogP contribution is -2.32. The van der Waals surface area contributed by atoms with Crippen LogP contribution in [0.5, 0.6) is 0 Å². The summed E-state index contributed by atoms with van der Waals surface area (Å²) in [6, 6.07) is 1.85.